The van der Waals surface area contributed by atoms with Gasteiger partial charge in [-0.05, 0) is 60.6 Å². The molecule has 0 spiro atoms. The molecule has 1 unspecified atom stereocenters. The second-order valence-electron chi connectivity index (χ2n) is 3.83. The van der Waals surface area contributed by atoms with Crippen LogP contribution < -0.4 is 5.32 Å². The van der Waals surface area contributed by atoms with Gasteiger partial charge in [-0.1, -0.05) is 15.9 Å². The van der Waals surface area contributed by atoms with Crippen molar-refractivity contribution in [3.05, 3.63) is 31.8 Å². The highest BCUT2D eigenvalue weighted by molar-refractivity contribution is 14.1. The highest BCUT2D eigenvalue weighted by Crippen LogP contribution is 2.18. The van der Waals surface area contributed by atoms with Gasteiger partial charge in [0.2, 0.25) is 0 Å². The Morgan fingerprint density at radius 2 is 2.29 bits per heavy atom. The maximum atomic E-state index is 12.0. The third-order valence-corrected chi connectivity index (χ3v) is 4.02. The molecule has 94 valence electrons. The zero-order valence-corrected chi connectivity index (χ0v) is 14.0. The Morgan fingerprint density at radius 3 is 2.94 bits per heavy atom. The standard InChI is InChI=1S/C12H14BrClINO/c1-8(3-2-6-14)16-12(17)10-7-9(13)4-5-11(10)15/h4-5,7-8H,2-3,6H2,1H3,(H,16,17). The highest BCUT2D eigenvalue weighted by Gasteiger charge is 2.12. The summed E-state index contributed by atoms with van der Waals surface area (Å²) in [5.41, 5.74) is 0.706. The van der Waals surface area contributed by atoms with Gasteiger partial charge >= 0.3 is 0 Å². The molecule has 2 nitrogen and oxygen atoms in total. The normalized spacial score (nSPS) is 12.2. The number of carbonyl (C=O) groups is 1. The Hall–Kier alpha value is 0.190. The number of halogens is 3. The largest absolute Gasteiger partial charge is 0.350 e. The minimum atomic E-state index is -0.0298. The summed E-state index contributed by atoms with van der Waals surface area (Å²) < 4.78 is 1.87. The zero-order valence-electron chi connectivity index (χ0n) is 9.47. The molecule has 0 saturated carbocycles. The second-order valence-corrected chi connectivity index (χ2v) is 6.29. The number of benzene rings is 1. The van der Waals surface area contributed by atoms with Gasteiger partial charge in [0.25, 0.3) is 5.91 Å². The van der Waals surface area contributed by atoms with E-state index in [9.17, 15) is 4.79 Å². The first-order valence-corrected chi connectivity index (χ1v) is 7.77. The van der Waals surface area contributed by atoms with Crippen molar-refractivity contribution in [2.45, 2.75) is 25.8 Å². The highest BCUT2D eigenvalue weighted by atomic mass is 127. The predicted molar refractivity (Wildman–Crippen MR) is 83.7 cm³/mol. The van der Waals surface area contributed by atoms with E-state index in [1.54, 1.807) is 0 Å². The number of carbonyl (C=O) groups excluding carboxylic acids is 1. The Bertz CT molecular complexity index is 400. The van der Waals surface area contributed by atoms with Crippen LogP contribution in [0.3, 0.4) is 0 Å². The van der Waals surface area contributed by atoms with E-state index in [0.717, 1.165) is 20.9 Å². The molecule has 17 heavy (non-hydrogen) atoms. The molecule has 0 saturated heterocycles. The molecular formula is C12H14BrClINO. The summed E-state index contributed by atoms with van der Waals surface area (Å²) in [5, 5.41) is 2.98. The Morgan fingerprint density at radius 1 is 1.59 bits per heavy atom. The second kappa shape index (κ2) is 7.59. The minimum Gasteiger partial charge on any atom is -0.350 e. The van der Waals surface area contributed by atoms with Gasteiger partial charge in [0.15, 0.2) is 0 Å². The summed E-state index contributed by atoms with van der Waals surface area (Å²) >= 11 is 11.2. The van der Waals surface area contributed by atoms with Crippen molar-refractivity contribution in [1.29, 1.82) is 0 Å². The number of amides is 1. The molecule has 0 aliphatic heterocycles. The Balaban J connectivity index is 2.66. The lowest BCUT2D eigenvalue weighted by molar-refractivity contribution is 0.0937. The molecule has 5 heteroatoms. The van der Waals surface area contributed by atoms with Gasteiger partial charge in [-0.2, -0.15) is 0 Å². The number of hydrogen-bond donors (Lipinski definition) is 1. The summed E-state index contributed by atoms with van der Waals surface area (Å²) in [7, 11) is 0. The molecule has 0 fully saturated rings. The lowest BCUT2D eigenvalue weighted by Crippen LogP contribution is -2.33. The summed E-state index contributed by atoms with van der Waals surface area (Å²) in [6.45, 7) is 2.00. The van der Waals surface area contributed by atoms with E-state index < -0.39 is 0 Å². The molecule has 1 aromatic carbocycles. The fraction of sp³-hybridized carbons (Fsp3) is 0.417. The average molecular weight is 431 g/mol. The summed E-state index contributed by atoms with van der Waals surface area (Å²) in [4.78, 5) is 12.0. The van der Waals surface area contributed by atoms with E-state index in [1.165, 1.54) is 0 Å². The lowest BCUT2D eigenvalue weighted by atomic mass is 10.1. The predicted octanol–water partition coefficient (Wildman–Crippen LogP) is 4.19. The van der Waals surface area contributed by atoms with E-state index in [4.69, 9.17) is 11.6 Å². The van der Waals surface area contributed by atoms with Crippen LogP contribution in [0, 0.1) is 3.57 Å². The number of hydrogen-bond acceptors (Lipinski definition) is 1. The van der Waals surface area contributed by atoms with E-state index in [2.05, 4.69) is 43.8 Å². The van der Waals surface area contributed by atoms with Crippen LogP contribution >= 0.6 is 50.1 Å². The fourth-order valence-electron chi connectivity index (χ4n) is 1.43. The van der Waals surface area contributed by atoms with Crippen LogP contribution in [0.1, 0.15) is 30.1 Å². The smallest absolute Gasteiger partial charge is 0.252 e. The van der Waals surface area contributed by atoms with Gasteiger partial charge < -0.3 is 5.32 Å². The van der Waals surface area contributed by atoms with Crippen molar-refractivity contribution >= 4 is 56.0 Å². The van der Waals surface area contributed by atoms with Crippen LogP contribution in [0.5, 0.6) is 0 Å². The molecule has 0 radical (unpaired) electrons. The first-order chi connectivity index (χ1) is 8.04. The van der Waals surface area contributed by atoms with Crippen LogP contribution in [-0.4, -0.2) is 17.8 Å². The van der Waals surface area contributed by atoms with E-state index in [0.29, 0.717) is 11.4 Å². The van der Waals surface area contributed by atoms with Gasteiger partial charge in [0.1, 0.15) is 0 Å². The van der Waals surface area contributed by atoms with Crippen LogP contribution in [-0.2, 0) is 0 Å². The zero-order chi connectivity index (χ0) is 12.8. The maximum absolute atomic E-state index is 12.0. The van der Waals surface area contributed by atoms with Crippen molar-refractivity contribution in [1.82, 2.24) is 5.32 Å². The van der Waals surface area contributed by atoms with Crippen LogP contribution in [0.15, 0.2) is 22.7 Å². The van der Waals surface area contributed by atoms with Gasteiger partial charge in [0, 0.05) is 20.0 Å². The Labute approximate surface area is 129 Å². The monoisotopic (exact) mass is 429 g/mol. The van der Waals surface area contributed by atoms with Crippen molar-refractivity contribution < 1.29 is 4.79 Å². The van der Waals surface area contributed by atoms with Crippen molar-refractivity contribution in [3.63, 3.8) is 0 Å². The molecule has 1 atom stereocenters. The fourth-order valence-corrected chi connectivity index (χ4v) is 2.52. The van der Waals surface area contributed by atoms with Crippen molar-refractivity contribution in [3.8, 4) is 0 Å². The quantitative estimate of drug-likeness (QED) is 0.551. The molecule has 0 aliphatic rings. The topological polar surface area (TPSA) is 29.1 Å². The van der Waals surface area contributed by atoms with Crippen LogP contribution in [0.25, 0.3) is 0 Å². The molecule has 0 aliphatic carbocycles. The van der Waals surface area contributed by atoms with Crippen molar-refractivity contribution in [2.75, 3.05) is 5.88 Å². The van der Waals surface area contributed by atoms with E-state index >= 15 is 0 Å². The van der Waals surface area contributed by atoms with E-state index in [-0.39, 0.29) is 11.9 Å². The molecule has 0 heterocycles. The average Bonchev–Trinajstić information content (AvgIpc) is 2.29. The van der Waals surface area contributed by atoms with Gasteiger partial charge in [0.05, 0.1) is 5.56 Å². The van der Waals surface area contributed by atoms with E-state index in [1.807, 2.05) is 25.1 Å². The number of alkyl halides is 1. The number of rotatable bonds is 5. The van der Waals surface area contributed by atoms with Crippen LogP contribution in [0.4, 0.5) is 0 Å². The first-order valence-electron chi connectivity index (χ1n) is 5.36. The van der Waals surface area contributed by atoms with Crippen LogP contribution in [0.2, 0.25) is 0 Å². The summed E-state index contributed by atoms with van der Waals surface area (Å²) in [5.74, 6) is 0.604. The van der Waals surface area contributed by atoms with Crippen molar-refractivity contribution in [2.24, 2.45) is 0 Å². The molecular weight excluding hydrogens is 416 g/mol. The molecule has 1 aromatic rings. The molecule has 0 bridgehead atoms. The number of nitrogens with one attached hydrogen (secondary N) is 1. The SMILES string of the molecule is CC(CCCCl)NC(=O)c1cc(Br)ccc1I. The molecule has 1 rings (SSSR count). The lowest BCUT2D eigenvalue weighted by Gasteiger charge is -2.14. The molecule has 1 N–H and O–H groups in total. The summed E-state index contributed by atoms with van der Waals surface area (Å²) in [6, 6.07) is 5.83. The van der Waals surface area contributed by atoms with Gasteiger partial charge in [-0.3, -0.25) is 4.79 Å². The first kappa shape index (κ1) is 15.2. The third kappa shape index (κ3) is 5.14. The van der Waals surface area contributed by atoms with Gasteiger partial charge in [-0.15, -0.1) is 11.6 Å². The minimum absolute atomic E-state index is 0.0298. The Kier molecular flexibility index (Phi) is 6.80. The third-order valence-electron chi connectivity index (χ3n) is 2.32. The summed E-state index contributed by atoms with van der Waals surface area (Å²) in [6.07, 6.45) is 1.82. The maximum Gasteiger partial charge on any atom is 0.252 e. The molecule has 0 aromatic heterocycles. The molecule has 1 amide bonds. The van der Waals surface area contributed by atoms with Gasteiger partial charge in [-0.25, -0.2) is 0 Å².